The summed E-state index contributed by atoms with van der Waals surface area (Å²) in [5, 5.41) is 3.24. The zero-order chi connectivity index (χ0) is 21.1. The summed E-state index contributed by atoms with van der Waals surface area (Å²) < 4.78 is 14.5. The van der Waals surface area contributed by atoms with Gasteiger partial charge in [0.1, 0.15) is 5.69 Å². The summed E-state index contributed by atoms with van der Waals surface area (Å²) in [6.07, 6.45) is 5.69. The average Bonchev–Trinajstić information content (AvgIpc) is 2.76. The number of halogens is 1. The second-order valence-corrected chi connectivity index (χ2v) is 7.48. The second-order valence-electron chi connectivity index (χ2n) is 7.48. The monoisotopic (exact) mass is 407 g/mol. The molecule has 0 saturated heterocycles. The molecule has 154 valence electrons. The van der Waals surface area contributed by atoms with Gasteiger partial charge in [-0.2, -0.15) is 0 Å². The highest BCUT2D eigenvalue weighted by atomic mass is 19.1. The first-order chi connectivity index (χ1) is 14.5. The molecule has 1 fully saturated rings. The van der Waals surface area contributed by atoms with Gasteiger partial charge in [0, 0.05) is 29.3 Å². The number of benzene rings is 1. The minimum absolute atomic E-state index is 0.0865. The molecule has 0 spiro atoms. The molecule has 1 aromatic carbocycles. The minimum Gasteiger partial charge on any atom is -0.369 e. The molecule has 8 heteroatoms. The summed E-state index contributed by atoms with van der Waals surface area (Å²) in [6, 6.07) is 10.6. The van der Waals surface area contributed by atoms with Crippen molar-refractivity contribution in [3.63, 3.8) is 0 Å². The molecule has 0 radical (unpaired) electrons. The number of primary amides is 1. The maximum atomic E-state index is 14.5. The lowest BCUT2D eigenvalue weighted by molar-refractivity contribution is -0.122. The van der Waals surface area contributed by atoms with Crippen molar-refractivity contribution in [2.75, 3.05) is 5.32 Å². The van der Waals surface area contributed by atoms with Crippen LogP contribution in [0.4, 0.5) is 10.3 Å². The molecule has 7 nitrogen and oxygen atoms in total. The smallest absolute Gasteiger partial charge is 0.255 e. The number of hydrogen-bond acceptors (Lipinski definition) is 5. The van der Waals surface area contributed by atoms with Crippen LogP contribution in [0.5, 0.6) is 0 Å². The summed E-state index contributed by atoms with van der Waals surface area (Å²) in [6.45, 7) is 0. The maximum Gasteiger partial charge on any atom is 0.255 e. The van der Waals surface area contributed by atoms with Gasteiger partial charge in [-0.25, -0.2) is 14.4 Å². The minimum atomic E-state index is -0.544. The number of anilines is 1. The van der Waals surface area contributed by atoms with E-state index in [2.05, 4.69) is 20.3 Å². The van der Waals surface area contributed by atoms with Crippen LogP contribution < -0.4 is 16.6 Å². The molecular formula is C22H22FN5O2. The number of rotatable bonds is 5. The molecule has 2 aromatic heterocycles. The molecule has 0 atom stereocenters. The van der Waals surface area contributed by atoms with Crippen LogP contribution in [-0.2, 0) is 4.79 Å². The molecule has 0 bridgehead atoms. The van der Waals surface area contributed by atoms with Gasteiger partial charge >= 0.3 is 0 Å². The number of nitrogens with one attached hydrogen (secondary N) is 2. The van der Waals surface area contributed by atoms with Crippen molar-refractivity contribution in [2.24, 2.45) is 11.7 Å². The van der Waals surface area contributed by atoms with Crippen molar-refractivity contribution >= 4 is 11.9 Å². The van der Waals surface area contributed by atoms with Crippen LogP contribution >= 0.6 is 0 Å². The highest BCUT2D eigenvalue weighted by Gasteiger charge is 2.25. The van der Waals surface area contributed by atoms with Crippen molar-refractivity contribution in [3.05, 3.63) is 65.0 Å². The van der Waals surface area contributed by atoms with Gasteiger partial charge in [0.25, 0.3) is 5.56 Å². The van der Waals surface area contributed by atoms with E-state index in [0.29, 0.717) is 35.5 Å². The number of nitrogens with zero attached hydrogens (tertiary/aromatic N) is 2. The van der Waals surface area contributed by atoms with Gasteiger partial charge in [-0.05, 0) is 49.4 Å². The van der Waals surface area contributed by atoms with Gasteiger partial charge in [-0.1, -0.05) is 18.2 Å². The van der Waals surface area contributed by atoms with E-state index in [4.69, 9.17) is 5.73 Å². The van der Waals surface area contributed by atoms with Crippen molar-refractivity contribution in [1.82, 2.24) is 15.0 Å². The van der Waals surface area contributed by atoms with Crippen LogP contribution in [0.3, 0.4) is 0 Å². The van der Waals surface area contributed by atoms with E-state index in [9.17, 15) is 14.0 Å². The summed E-state index contributed by atoms with van der Waals surface area (Å²) >= 11 is 0. The molecule has 30 heavy (non-hydrogen) atoms. The van der Waals surface area contributed by atoms with Crippen LogP contribution in [0.1, 0.15) is 25.7 Å². The Morgan fingerprint density at radius 1 is 1.13 bits per heavy atom. The number of aromatic amines is 1. The van der Waals surface area contributed by atoms with E-state index in [1.165, 1.54) is 0 Å². The largest absolute Gasteiger partial charge is 0.369 e. The molecule has 4 rings (SSSR count). The molecule has 1 saturated carbocycles. The van der Waals surface area contributed by atoms with Gasteiger partial charge in [0.05, 0.1) is 6.20 Å². The normalized spacial score (nSPS) is 18.7. The van der Waals surface area contributed by atoms with Gasteiger partial charge in [-0.15, -0.1) is 0 Å². The first-order valence-electron chi connectivity index (χ1n) is 9.88. The Hall–Kier alpha value is -3.55. The SMILES string of the molecule is NC(=O)[C@H]1CC[C@H](Nc2ncc(F)c(-c3cccc(-c4ccc[nH]c4=O)c3)n2)CC1. The fourth-order valence-electron chi connectivity index (χ4n) is 3.83. The van der Waals surface area contributed by atoms with Crippen LogP contribution in [0.2, 0.25) is 0 Å². The number of carbonyl (C=O) groups excluding carboxylic acids is 1. The molecule has 2 heterocycles. The third-order valence-electron chi connectivity index (χ3n) is 5.47. The number of hydrogen-bond donors (Lipinski definition) is 3. The van der Waals surface area contributed by atoms with Gasteiger partial charge in [-0.3, -0.25) is 9.59 Å². The number of carbonyl (C=O) groups is 1. The van der Waals surface area contributed by atoms with Gasteiger partial charge < -0.3 is 16.0 Å². The lowest BCUT2D eigenvalue weighted by atomic mass is 9.86. The van der Waals surface area contributed by atoms with E-state index in [-0.39, 0.29) is 29.1 Å². The Labute approximate surface area is 172 Å². The molecule has 3 aromatic rings. The van der Waals surface area contributed by atoms with Crippen LogP contribution in [0.25, 0.3) is 22.4 Å². The summed E-state index contributed by atoms with van der Waals surface area (Å²) in [5.41, 5.74) is 7.05. The molecule has 0 aliphatic heterocycles. The zero-order valence-electron chi connectivity index (χ0n) is 16.3. The van der Waals surface area contributed by atoms with E-state index >= 15 is 0 Å². The van der Waals surface area contributed by atoms with Crippen molar-refractivity contribution in [2.45, 2.75) is 31.7 Å². The summed E-state index contributed by atoms with van der Waals surface area (Å²) in [4.78, 5) is 34.5. The third-order valence-corrected chi connectivity index (χ3v) is 5.47. The standard InChI is InChI=1S/C22H22FN5O2/c23-18-12-26-22(27-16-8-6-13(7-9-16)20(24)29)28-19(18)15-4-1-3-14(11-15)17-5-2-10-25-21(17)30/h1-5,10-13,16H,6-9H2,(H2,24,29)(H,25,30)(H,26,27,28)/t13-,16-. The highest BCUT2D eigenvalue weighted by Crippen LogP contribution is 2.28. The molecule has 0 unspecified atom stereocenters. The number of pyridine rings is 1. The van der Waals surface area contributed by atoms with E-state index in [1.807, 2.05) is 0 Å². The molecule has 1 amide bonds. The lowest BCUT2D eigenvalue weighted by Crippen LogP contribution is -2.32. The fraction of sp³-hybridized carbons (Fsp3) is 0.273. The van der Waals surface area contributed by atoms with Crippen LogP contribution in [-0.4, -0.2) is 26.9 Å². The van der Waals surface area contributed by atoms with Gasteiger partial charge in [0.15, 0.2) is 5.82 Å². The lowest BCUT2D eigenvalue weighted by Gasteiger charge is -2.27. The van der Waals surface area contributed by atoms with Crippen LogP contribution in [0.15, 0.2) is 53.6 Å². The molecule has 1 aliphatic rings. The fourth-order valence-corrected chi connectivity index (χ4v) is 3.83. The number of H-pyrrole nitrogens is 1. The Morgan fingerprint density at radius 2 is 1.90 bits per heavy atom. The Kier molecular flexibility index (Phi) is 5.56. The number of nitrogens with two attached hydrogens (primary N) is 1. The van der Waals surface area contributed by atoms with Crippen molar-refractivity contribution in [1.29, 1.82) is 0 Å². The topological polar surface area (TPSA) is 114 Å². The first-order valence-corrected chi connectivity index (χ1v) is 9.88. The zero-order valence-corrected chi connectivity index (χ0v) is 16.3. The highest BCUT2D eigenvalue weighted by molar-refractivity contribution is 5.76. The van der Waals surface area contributed by atoms with Crippen molar-refractivity contribution < 1.29 is 9.18 Å². The predicted molar refractivity (Wildman–Crippen MR) is 112 cm³/mol. The number of aromatic nitrogens is 3. The van der Waals surface area contributed by atoms with E-state index in [1.54, 1.807) is 42.6 Å². The Bertz CT molecular complexity index is 1120. The van der Waals surface area contributed by atoms with Gasteiger partial charge in [0.2, 0.25) is 11.9 Å². The Morgan fingerprint density at radius 3 is 2.63 bits per heavy atom. The summed E-state index contributed by atoms with van der Waals surface area (Å²) in [5.74, 6) is -0.559. The predicted octanol–water partition coefficient (Wildman–Crippen LogP) is 3.09. The third kappa shape index (κ3) is 4.22. The molecular weight excluding hydrogens is 385 g/mol. The maximum absolute atomic E-state index is 14.5. The van der Waals surface area contributed by atoms with E-state index in [0.717, 1.165) is 19.0 Å². The first kappa shape index (κ1) is 19.8. The molecule has 4 N–H and O–H groups in total. The second kappa shape index (κ2) is 8.44. The molecule has 1 aliphatic carbocycles. The van der Waals surface area contributed by atoms with Crippen LogP contribution in [0, 0.1) is 11.7 Å². The Balaban J connectivity index is 1.57. The number of amides is 1. The average molecular weight is 407 g/mol. The summed E-state index contributed by atoms with van der Waals surface area (Å²) in [7, 11) is 0. The van der Waals surface area contributed by atoms with E-state index < -0.39 is 5.82 Å². The van der Waals surface area contributed by atoms with Crippen molar-refractivity contribution in [3.8, 4) is 22.4 Å². The quantitative estimate of drug-likeness (QED) is 0.601.